The van der Waals surface area contributed by atoms with Gasteiger partial charge in [0.15, 0.2) is 0 Å². The zero-order valence-corrected chi connectivity index (χ0v) is 12.1. The summed E-state index contributed by atoms with van der Waals surface area (Å²) in [6.07, 6.45) is 0. The molecule has 0 aliphatic rings. The molecular weight excluding hydrogens is 260 g/mol. The lowest BCUT2D eigenvalue weighted by Gasteiger charge is -2.14. The summed E-state index contributed by atoms with van der Waals surface area (Å²) < 4.78 is 4.22. The Balaban J connectivity index is 1.90. The number of para-hydroxylation sites is 2. The minimum atomic E-state index is 0.134. The lowest BCUT2D eigenvalue weighted by molar-refractivity contribution is 0.535. The van der Waals surface area contributed by atoms with E-state index in [0.29, 0.717) is 0 Å². The van der Waals surface area contributed by atoms with Crippen molar-refractivity contribution in [2.75, 3.05) is 0 Å². The lowest BCUT2D eigenvalue weighted by Crippen LogP contribution is -2.12. The topological polar surface area (TPSA) is 35.6 Å². The summed E-state index contributed by atoms with van der Waals surface area (Å²) in [6.45, 7) is 2.16. The highest BCUT2D eigenvalue weighted by atomic mass is 15.4. The van der Waals surface area contributed by atoms with Crippen molar-refractivity contribution in [1.82, 2.24) is 19.6 Å². The molecule has 0 radical (unpaired) electrons. The largest absolute Gasteiger partial charge is 0.346 e. The Bertz CT molecular complexity index is 932. The van der Waals surface area contributed by atoms with Gasteiger partial charge in [0.05, 0.1) is 11.6 Å². The van der Waals surface area contributed by atoms with Gasteiger partial charge >= 0.3 is 0 Å². The molecule has 0 fully saturated rings. The van der Waals surface area contributed by atoms with Gasteiger partial charge in [-0.2, -0.15) is 0 Å². The lowest BCUT2D eigenvalue weighted by atomic mass is 10.2. The Labute approximate surface area is 122 Å². The standard InChI is InChI=1S/C17H16N4/c1-12(21-16-10-6-4-8-14(16)18-19-21)17-11-13-7-3-5-9-15(13)20(17)2/h3-12H,1-2H3. The zero-order chi connectivity index (χ0) is 14.4. The third-order valence-corrected chi connectivity index (χ3v) is 4.16. The average Bonchev–Trinajstić information content (AvgIpc) is 3.09. The first-order valence-corrected chi connectivity index (χ1v) is 7.10. The third kappa shape index (κ3) is 1.76. The maximum atomic E-state index is 4.34. The molecule has 4 rings (SSSR count). The van der Waals surface area contributed by atoms with Gasteiger partial charge in [0, 0.05) is 18.3 Å². The Morgan fingerprint density at radius 2 is 1.67 bits per heavy atom. The predicted molar refractivity (Wildman–Crippen MR) is 84.3 cm³/mol. The molecular formula is C17H16N4. The highest BCUT2D eigenvalue weighted by Gasteiger charge is 2.17. The van der Waals surface area contributed by atoms with E-state index in [1.165, 1.54) is 16.6 Å². The Morgan fingerprint density at radius 3 is 2.48 bits per heavy atom. The van der Waals surface area contributed by atoms with Crippen LogP contribution in [0, 0.1) is 0 Å². The molecule has 1 atom stereocenters. The van der Waals surface area contributed by atoms with Crippen molar-refractivity contribution in [2.45, 2.75) is 13.0 Å². The van der Waals surface area contributed by atoms with E-state index in [4.69, 9.17) is 0 Å². The van der Waals surface area contributed by atoms with Gasteiger partial charge < -0.3 is 4.57 Å². The zero-order valence-electron chi connectivity index (χ0n) is 12.1. The maximum absolute atomic E-state index is 4.34. The molecule has 0 aliphatic heterocycles. The summed E-state index contributed by atoms with van der Waals surface area (Å²) in [4.78, 5) is 0. The molecule has 0 bridgehead atoms. The van der Waals surface area contributed by atoms with E-state index < -0.39 is 0 Å². The first-order valence-electron chi connectivity index (χ1n) is 7.10. The molecule has 2 aromatic heterocycles. The van der Waals surface area contributed by atoms with E-state index >= 15 is 0 Å². The molecule has 0 saturated carbocycles. The van der Waals surface area contributed by atoms with Crippen LogP contribution in [0.5, 0.6) is 0 Å². The van der Waals surface area contributed by atoms with Crippen molar-refractivity contribution >= 4 is 21.9 Å². The van der Waals surface area contributed by atoms with Crippen molar-refractivity contribution in [2.24, 2.45) is 7.05 Å². The first-order chi connectivity index (χ1) is 10.3. The minimum Gasteiger partial charge on any atom is -0.346 e. The van der Waals surface area contributed by atoms with Crippen LogP contribution in [-0.4, -0.2) is 19.6 Å². The normalized spacial score (nSPS) is 13.0. The van der Waals surface area contributed by atoms with Gasteiger partial charge in [0.1, 0.15) is 5.52 Å². The Morgan fingerprint density at radius 1 is 0.952 bits per heavy atom. The summed E-state index contributed by atoms with van der Waals surface area (Å²) in [6, 6.07) is 18.9. The highest BCUT2D eigenvalue weighted by molar-refractivity contribution is 5.81. The quantitative estimate of drug-likeness (QED) is 0.561. The van der Waals surface area contributed by atoms with E-state index in [0.717, 1.165) is 11.0 Å². The van der Waals surface area contributed by atoms with E-state index in [1.807, 2.05) is 22.9 Å². The minimum absolute atomic E-state index is 0.134. The molecule has 4 nitrogen and oxygen atoms in total. The van der Waals surface area contributed by atoms with Crippen LogP contribution < -0.4 is 0 Å². The molecule has 0 aliphatic carbocycles. The number of fused-ring (bicyclic) bond motifs is 2. The van der Waals surface area contributed by atoms with Crippen molar-refractivity contribution in [3.8, 4) is 0 Å². The van der Waals surface area contributed by atoms with Gasteiger partial charge in [-0.25, -0.2) is 4.68 Å². The van der Waals surface area contributed by atoms with E-state index in [1.54, 1.807) is 0 Å². The van der Waals surface area contributed by atoms with Gasteiger partial charge in [0.25, 0.3) is 0 Å². The molecule has 0 amide bonds. The summed E-state index contributed by atoms with van der Waals surface area (Å²) in [5, 5.41) is 9.84. The van der Waals surface area contributed by atoms with E-state index in [9.17, 15) is 0 Å². The van der Waals surface area contributed by atoms with Crippen molar-refractivity contribution in [1.29, 1.82) is 0 Å². The van der Waals surface area contributed by atoms with Crippen molar-refractivity contribution < 1.29 is 0 Å². The maximum Gasteiger partial charge on any atom is 0.113 e. The number of hydrogen-bond donors (Lipinski definition) is 0. The molecule has 4 aromatic rings. The van der Waals surface area contributed by atoms with Gasteiger partial charge in [-0.3, -0.25) is 0 Å². The van der Waals surface area contributed by atoms with Crippen LogP contribution in [0.25, 0.3) is 21.9 Å². The smallest absolute Gasteiger partial charge is 0.113 e. The summed E-state index contributed by atoms with van der Waals surface area (Å²) in [5.41, 5.74) is 4.47. The number of benzene rings is 2. The van der Waals surface area contributed by atoms with Gasteiger partial charge in [-0.15, -0.1) is 5.10 Å². The van der Waals surface area contributed by atoms with Crippen LogP contribution >= 0.6 is 0 Å². The van der Waals surface area contributed by atoms with Crippen LogP contribution in [0.15, 0.2) is 54.6 Å². The number of aryl methyl sites for hydroxylation is 1. The average molecular weight is 276 g/mol. The molecule has 0 saturated heterocycles. The molecule has 4 heteroatoms. The van der Waals surface area contributed by atoms with Gasteiger partial charge in [0.2, 0.25) is 0 Å². The summed E-state index contributed by atoms with van der Waals surface area (Å²) in [7, 11) is 2.10. The number of aromatic nitrogens is 4. The van der Waals surface area contributed by atoms with Crippen LogP contribution in [0.1, 0.15) is 18.7 Å². The molecule has 0 spiro atoms. The van der Waals surface area contributed by atoms with Crippen LogP contribution in [0.2, 0.25) is 0 Å². The molecule has 0 N–H and O–H groups in total. The summed E-state index contributed by atoms with van der Waals surface area (Å²) >= 11 is 0. The molecule has 21 heavy (non-hydrogen) atoms. The second-order valence-corrected chi connectivity index (χ2v) is 5.39. The fourth-order valence-electron chi connectivity index (χ4n) is 3.01. The fraction of sp³-hybridized carbons (Fsp3) is 0.176. The van der Waals surface area contributed by atoms with E-state index in [2.05, 4.69) is 65.2 Å². The second kappa shape index (κ2) is 4.45. The SMILES string of the molecule is CC(c1cc2ccccc2n1C)n1nnc2ccccc21. The fourth-order valence-corrected chi connectivity index (χ4v) is 3.01. The third-order valence-electron chi connectivity index (χ3n) is 4.16. The number of hydrogen-bond acceptors (Lipinski definition) is 2. The Hall–Kier alpha value is -2.62. The van der Waals surface area contributed by atoms with Crippen LogP contribution in [0.4, 0.5) is 0 Å². The van der Waals surface area contributed by atoms with Gasteiger partial charge in [-0.1, -0.05) is 35.5 Å². The van der Waals surface area contributed by atoms with Crippen molar-refractivity contribution in [3.63, 3.8) is 0 Å². The highest BCUT2D eigenvalue weighted by Crippen LogP contribution is 2.27. The molecule has 1 unspecified atom stereocenters. The van der Waals surface area contributed by atoms with Crippen molar-refractivity contribution in [3.05, 3.63) is 60.3 Å². The second-order valence-electron chi connectivity index (χ2n) is 5.39. The van der Waals surface area contributed by atoms with Crippen LogP contribution in [-0.2, 0) is 7.05 Å². The summed E-state index contributed by atoms with van der Waals surface area (Å²) in [5.74, 6) is 0. The monoisotopic (exact) mass is 276 g/mol. The predicted octanol–water partition coefficient (Wildman–Crippen LogP) is 3.53. The molecule has 2 aromatic carbocycles. The van der Waals surface area contributed by atoms with Gasteiger partial charge in [-0.05, 0) is 36.6 Å². The number of rotatable bonds is 2. The Kier molecular flexibility index (Phi) is 2.57. The molecule has 2 heterocycles. The molecule has 104 valence electrons. The first kappa shape index (κ1) is 12.1. The van der Waals surface area contributed by atoms with Crippen LogP contribution in [0.3, 0.4) is 0 Å². The van der Waals surface area contributed by atoms with E-state index in [-0.39, 0.29) is 6.04 Å². The number of nitrogens with zero attached hydrogens (tertiary/aromatic N) is 4.